The molecule has 3 aromatic rings. The van der Waals surface area contributed by atoms with Gasteiger partial charge in [-0.15, -0.1) is 23.1 Å². The average molecular weight is 466 g/mol. The van der Waals surface area contributed by atoms with Gasteiger partial charge in [0, 0.05) is 39.2 Å². The van der Waals surface area contributed by atoms with Crippen LogP contribution in [0.4, 0.5) is 5.69 Å². The van der Waals surface area contributed by atoms with Gasteiger partial charge in [0.1, 0.15) is 11.5 Å². The molecule has 0 aliphatic carbocycles. The largest absolute Gasteiger partial charge is 0.495 e. The highest BCUT2D eigenvalue weighted by Gasteiger charge is 2.25. The minimum Gasteiger partial charge on any atom is -0.495 e. The van der Waals surface area contributed by atoms with Crippen molar-refractivity contribution in [2.24, 2.45) is 0 Å². The molecule has 2 aromatic carbocycles. The average Bonchev–Trinajstić information content (AvgIpc) is 3.16. The molecule has 1 aliphatic rings. The monoisotopic (exact) mass is 465 g/mol. The Morgan fingerprint density at radius 2 is 1.83 bits per heavy atom. The SMILES string of the molecule is COc1cc(OC)c(N(C)C(=O)c2cc3c(s2)-c2ccc(Cl)cc2SC3)cc1Cl. The minimum absolute atomic E-state index is 0.121. The molecule has 150 valence electrons. The maximum Gasteiger partial charge on any atom is 0.268 e. The Labute approximate surface area is 187 Å². The molecule has 8 heteroatoms. The lowest BCUT2D eigenvalue weighted by molar-refractivity contribution is 0.0996. The van der Waals surface area contributed by atoms with Gasteiger partial charge < -0.3 is 14.4 Å². The van der Waals surface area contributed by atoms with Crippen LogP contribution >= 0.6 is 46.3 Å². The van der Waals surface area contributed by atoms with Gasteiger partial charge in [-0.3, -0.25) is 4.79 Å². The van der Waals surface area contributed by atoms with Gasteiger partial charge in [-0.2, -0.15) is 0 Å². The van der Waals surface area contributed by atoms with E-state index in [9.17, 15) is 4.79 Å². The molecule has 4 rings (SSSR count). The van der Waals surface area contributed by atoms with E-state index in [2.05, 4.69) is 0 Å². The maximum atomic E-state index is 13.2. The summed E-state index contributed by atoms with van der Waals surface area (Å²) in [6, 6.07) is 11.2. The molecule has 1 aromatic heterocycles. The van der Waals surface area contributed by atoms with Crippen LogP contribution in [0, 0.1) is 0 Å². The molecule has 0 spiro atoms. The molecule has 1 aliphatic heterocycles. The van der Waals surface area contributed by atoms with Crippen molar-refractivity contribution in [3.05, 3.63) is 56.9 Å². The summed E-state index contributed by atoms with van der Waals surface area (Å²) in [5.41, 5.74) is 2.86. The number of anilines is 1. The molecule has 0 saturated carbocycles. The predicted octanol–water partition coefficient (Wildman–Crippen LogP) is 6.62. The molecule has 2 heterocycles. The normalized spacial score (nSPS) is 12.2. The van der Waals surface area contributed by atoms with Gasteiger partial charge in [0.25, 0.3) is 5.91 Å². The first-order valence-corrected chi connectivity index (χ1v) is 11.2. The summed E-state index contributed by atoms with van der Waals surface area (Å²) in [4.78, 5) is 17.7. The Hall–Kier alpha value is -1.86. The lowest BCUT2D eigenvalue weighted by Gasteiger charge is -2.20. The summed E-state index contributed by atoms with van der Waals surface area (Å²) in [6.07, 6.45) is 0. The molecule has 0 bridgehead atoms. The molecule has 0 fully saturated rings. The Balaban J connectivity index is 1.70. The molecular formula is C21H17Cl2NO3S2. The van der Waals surface area contributed by atoms with Gasteiger partial charge in [0.2, 0.25) is 0 Å². The number of carbonyl (C=O) groups is 1. The van der Waals surface area contributed by atoms with E-state index in [-0.39, 0.29) is 5.91 Å². The van der Waals surface area contributed by atoms with E-state index in [0.717, 1.165) is 31.7 Å². The van der Waals surface area contributed by atoms with Crippen LogP contribution < -0.4 is 14.4 Å². The van der Waals surface area contributed by atoms with E-state index in [1.54, 1.807) is 43.0 Å². The summed E-state index contributed by atoms with van der Waals surface area (Å²) in [7, 11) is 4.80. The number of amides is 1. The first kappa shape index (κ1) is 20.4. The number of methoxy groups -OCH3 is 2. The van der Waals surface area contributed by atoms with Crippen LogP contribution in [0.3, 0.4) is 0 Å². The zero-order valence-electron chi connectivity index (χ0n) is 15.9. The second-order valence-corrected chi connectivity index (χ2v) is 9.33. The molecule has 0 unspecified atom stereocenters. The van der Waals surface area contributed by atoms with Crippen LogP contribution in [0.25, 0.3) is 10.4 Å². The number of hydrogen-bond acceptors (Lipinski definition) is 5. The Kier molecular flexibility index (Phi) is 5.71. The van der Waals surface area contributed by atoms with Crippen molar-refractivity contribution in [2.75, 3.05) is 26.2 Å². The summed E-state index contributed by atoms with van der Waals surface area (Å²) >= 11 is 15.6. The zero-order valence-corrected chi connectivity index (χ0v) is 19.1. The van der Waals surface area contributed by atoms with Crippen LogP contribution in [0.15, 0.2) is 41.3 Å². The quantitative estimate of drug-likeness (QED) is 0.433. The zero-order chi connectivity index (χ0) is 20.7. The number of ether oxygens (including phenoxy) is 2. The Bertz CT molecular complexity index is 1110. The third-order valence-corrected chi connectivity index (χ3v) is 7.54. The number of halogens is 2. The van der Waals surface area contributed by atoms with Crippen LogP contribution in [-0.2, 0) is 5.75 Å². The van der Waals surface area contributed by atoms with Gasteiger partial charge in [-0.05, 0) is 29.8 Å². The van der Waals surface area contributed by atoms with Crippen molar-refractivity contribution in [3.8, 4) is 21.9 Å². The van der Waals surface area contributed by atoms with Gasteiger partial charge >= 0.3 is 0 Å². The topological polar surface area (TPSA) is 38.8 Å². The number of fused-ring (bicyclic) bond motifs is 3. The lowest BCUT2D eigenvalue weighted by atomic mass is 10.1. The minimum atomic E-state index is -0.121. The van der Waals surface area contributed by atoms with Gasteiger partial charge in [-0.1, -0.05) is 29.3 Å². The number of benzene rings is 2. The van der Waals surface area contributed by atoms with Gasteiger partial charge in [-0.25, -0.2) is 0 Å². The third-order valence-electron chi connectivity index (χ3n) is 4.71. The molecule has 0 radical (unpaired) electrons. The number of thiophene rings is 1. The van der Waals surface area contributed by atoms with E-state index < -0.39 is 0 Å². The molecular weight excluding hydrogens is 449 g/mol. The highest BCUT2D eigenvalue weighted by atomic mass is 35.5. The van der Waals surface area contributed by atoms with Crippen molar-refractivity contribution in [2.45, 2.75) is 10.6 Å². The molecule has 1 amide bonds. The first-order valence-electron chi connectivity index (χ1n) is 8.68. The highest BCUT2D eigenvalue weighted by Crippen LogP contribution is 2.47. The van der Waals surface area contributed by atoms with E-state index >= 15 is 0 Å². The maximum absolute atomic E-state index is 13.2. The van der Waals surface area contributed by atoms with Crippen LogP contribution in [0.2, 0.25) is 10.0 Å². The van der Waals surface area contributed by atoms with Crippen LogP contribution in [0.1, 0.15) is 15.2 Å². The lowest BCUT2D eigenvalue weighted by Crippen LogP contribution is -2.26. The fraction of sp³-hybridized carbons (Fsp3) is 0.190. The van der Waals surface area contributed by atoms with Crippen LogP contribution in [-0.4, -0.2) is 27.2 Å². The smallest absolute Gasteiger partial charge is 0.268 e. The third kappa shape index (κ3) is 3.70. The first-order chi connectivity index (χ1) is 13.9. The second kappa shape index (κ2) is 8.11. The van der Waals surface area contributed by atoms with Crippen LogP contribution in [0.5, 0.6) is 11.5 Å². The number of thioether (sulfide) groups is 1. The molecule has 4 nitrogen and oxygen atoms in total. The molecule has 0 saturated heterocycles. The fourth-order valence-corrected chi connectivity index (χ4v) is 6.11. The molecule has 0 atom stereocenters. The Morgan fingerprint density at radius 1 is 1.07 bits per heavy atom. The summed E-state index contributed by atoms with van der Waals surface area (Å²) < 4.78 is 10.7. The second-order valence-electron chi connectivity index (χ2n) is 6.42. The summed E-state index contributed by atoms with van der Waals surface area (Å²) in [6.45, 7) is 0. The van der Waals surface area contributed by atoms with Crippen molar-refractivity contribution in [1.82, 2.24) is 0 Å². The number of rotatable bonds is 4. The standard InChI is InChI=1S/C21H17Cl2NO3S2/c1-24(15-8-14(23)16(26-2)9-17(15)27-3)21(25)19-6-11-10-28-18-7-12(22)4-5-13(18)20(11)29-19/h4-9H,10H2,1-3H3. The number of carbonyl (C=O) groups excluding carboxylic acids is 1. The highest BCUT2D eigenvalue weighted by molar-refractivity contribution is 7.98. The van der Waals surface area contributed by atoms with Crippen molar-refractivity contribution >= 4 is 57.9 Å². The van der Waals surface area contributed by atoms with E-state index in [0.29, 0.717) is 27.1 Å². The van der Waals surface area contributed by atoms with E-state index in [1.165, 1.54) is 18.4 Å². The van der Waals surface area contributed by atoms with Crippen molar-refractivity contribution in [3.63, 3.8) is 0 Å². The van der Waals surface area contributed by atoms with Gasteiger partial charge in [0.05, 0.1) is 29.8 Å². The predicted molar refractivity (Wildman–Crippen MR) is 122 cm³/mol. The summed E-state index contributed by atoms with van der Waals surface area (Å²) in [5, 5.41) is 1.13. The fourth-order valence-electron chi connectivity index (χ4n) is 3.21. The van der Waals surface area contributed by atoms with E-state index in [4.69, 9.17) is 32.7 Å². The Morgan fingerprint density at radius 3 is 2.55 bits per heavy atom. The van der Waals surface area contributed by atoms with E-state index in [1.807, 2.05) is 24.3 Å². The number of nitrogens with zero attached hydrogens (tertiary/aromatic N) is 1. The van der Waals surface area contributed by atoms with Crippen molar-refractivity contribution in [1.29, 1.82) is 0 Å². The van der Waals surface area contributed by atoms with Crippen molar-refractivity contribution < 1.29 is 14.3 Å². The molecule has 0 N–H and O–H groups in total. The molecule has 29 heavy (non-hydrogen) atoms. The van der Waals surface area contributed by atoms with Gasteiger partial charge in [0.15, 0.2) is 0 Å². The number of hydrogen-bond donors (Lipinski definition) is 0. The summed E-state index contributed by atoms with van der Waals surface area (Å²) in [5.74, 6) is 1.70.